The summed E-state index contributed by atoms with van der Waals surface area (Å²) < 4.78 is 3.31. The summed E-state index contributed by atoms with van der Waals surface area (Å²) in [6.45, 7) is 14.1. The van der Waals surface area contributed by atoms with Crippen molar-refractivity contribution in [3.05, 3.63) is 77.7 Å². The number of allylic oxidation sites excluding steroid dienone is 4. The van der Waals surface area contributed by atoms with E-state index >= 15 is 0 Å². The van der Waals surface area contributed by atoms with E-state index in [9.17, 15) is 0 Å². The Labute approximate surface area is 226 Å². The summed E-state index contributed by atoms with van der Waals surface area (Å²) in [6, 6.07) is 9.30. The van der Waals surface area contributed by atoms with E-state index in [2.05, 4.69) is 90.5 Å². The van der Waals surface area contributed by atoms with Crippen LogP contribution in [0, 0.1) is 0 Å². The second kappa shape index (κ2) is 22.1. The van der Waals surface area contributed by atoms with Crippen LogP contribution >= 0.6 is 11.9 Å². The van der Waals surface area contributed by atoms with Crippen molar-refractivity contribution in [2.24, 2.45) is 5.73 Å². The second-order valence-electron chi connectivity index (χ2n) is 8.24. The van der Waals surface area contributed by atoms with Gasteiger partial charge in [0.1, 0.15) is 0 Å². The molecule has 1 unspecified atom stereocenters. The van der Waals surface area contributed by atoms with Crippen LogP contribution in [0.4, 0.5) is 5.69 Å². The highest BCUT2D eigenvalue weighted by Crippen LogP contribution is 2.30. The van der Waals surface area contributed by atoms with Crippen molar-refractivity contribution in [3.63, 3.8) is 0 Å². The first kappa shape index (κ1) is 33.8. The fraction of sp³-hybridized carbons (Fsp3) is 0.533. The van der Waals surface area contributed by atoms with E-state index in [1.807, 2.05) is 20.0 Å². The van der Waals surface area contributed by atoms with Crippen molar-refractivity contribution in [3.8, 4) is 0 Å². The molecule has 204 valence electrons. The highest BCUT2D eigenvalue weighted by Gasteiger charge is 2.21. The highest BCUT2D eigenvalue weighted by molar-refractivity contribution is 7.99. The lowest BCUT2D eigenvalue weighted by molar-refractivity contribution is 0.222. The van der Waals surface area contributed by atoms with Crippen molar-refractivity contribution < 1.29 is 5.11 Å². The Morgan fingerprint density at radius 2 is 1.75 bits per heavy atom. The molecule has 0 aromatic heterocycles. The molecule has 0 saturated carbocycles. The fourth-order valence-corrected chi connectivity index (χ4v) is 4.87. The summed E-state index contributed by atoms with van der Waals surface area (Å²) >= 11 is 1.66. The van der Waals surface area contributed by atoms with Crippen molar-refractivity contribution in [1.29, 1.82) is 0 Å². The van der Waals surface area contributed by atoms with Crippen LogP contribution in [0.2, 0.25) is 0 Å². The second-order valence-corrected chi connectivity index (χ2v) is 8.85. The van der Waals surface area contributed by atoms with Gasteiger partial charge in [0.25, 0.3) is 0 Å². The lowest BCUT2D eigenvalue weighted by Gasteiger charge is -2.31. The van der Waals surface area contributed by atoms with E-state index in [0.29, 0.717) is 6.04 Å². The van der Waals surface area contributed by atoms with Crippen LogP contribution in [0.3, 0.4) is 0 Å². The largest absolute Gasteiger partial charge is 0.403 e. The van der Waals surface area contributed by atoms with Gasteiger partial charge in [-0.15, -0.1) is 0 Å². The number of likely N-dealkylation sites (tertiary alicyclic amines) is 1. The maximum atomic E-state index is 7.00. The molecule has 1 aromatic carbocycles. The van der Waals surface area contributed by atoms with Gasteiger partial charge in [0.05, 0.1) is 6.04 Å². The fourth-order valence-electron chi connectivity index (χ4n) is 4.51. The minimum atomic E-state index is 0.409. The van der Waals surface area contributed by atoms with E-state index in [4.69, 9.17) is 10.8 Å². The number of piperidine rings is 1. The van der Waals surface area contributed by atoms with Gasteiger partial charge in [-0.25, -0.2) is 0 Å². The SMILES string of the molecule is C/C=C\C1=C(/C=C\C)C(N/C=C\N)CC1.CC.CCN1CCC(c2cccc(NSC)c2)CC1.CO. The van der Waals surface area contributed by atoms with Gasteiger partial charge in [0.2, 0.25) is 0 Å². The Hall–Kier alpha value is -2.15. The van der Waals surface area contributed by atoms with Gasteiger partial charge in [-0.1, -0.05) is 69.2 Å². The number of aliphatic hydroxyl groups excluding tert-OH is 1. The maximum absolute atomic E-state index is 7.00. The van der Waals surface area contributed by atoms with E-state index in [1.54, 1.807) is 18.1 Å². The minimum absolute atomic E-state index is 0.409. The molecule has 1 aliphatic heterocycles. The smallest absolute Gasteiger partial charge is 0.0514 e. The normalized spacial score (nSPS) is 18.4. The predicted molar refractivity (Wildman–Crippen MR) is 163 cm³/mol. The molecule has 3 rings (SSSR count). The first-order valence-electron chi connectivity index (χ1n) is 13.3. The standard InChI is InChI=1S/C14H22N2S.C13H20N2.C2H6.CH4O/c1-3-16-9-7-12(8-10-16)13-5-4-6-14(11-13)15-17-2;1-3-5-11-7-8-13(15-10-9-14)12(11)6-4-2;2*1-2/h4-6,11-12,15H,3,7-10H2,1-2H3;3-6,9-10,13,15H,7-8,14H2,1-2H3;1-2H3;2H,1H3/b;5-3-,6-4-,10-9-;;. The van der Waals surface area contributed by atoms with E-state index in [0.717, 1.165) is 25.9 Å². The Morgan fingerprint density at radius 1 is 1.08 bits per heavy atom. The van der Waals surface area contributed by atoms with Crippen molar-refractivity contribution in [2.45, 2.75) is 72.3 Å². The molecule has 0 radical (unpaired) electrons. The molecule has 0 spiro atoms. The zero-order chi connectivity index (χ0) is 27.2. The topological polar surface area (TPSA) is 73.5 Å². The van der Waals surface area contributed by atoms with Gasteiger partial charge in [0.15, 0.2) is 0 Å². The number of anilines is 1. The Kier molecular flexibility index (Phi) is 20.8. The molecule has 5 nitrogen and oxygen atoms in total. The van der Waals surface area contributed by atoms with Gasteiger partial charge in [-0.2, -0.15) is 0 Å². The highest BCUT2D eigenvalue weighted by atomic mass is 32.2. The molecule has 1 saturated heterocycles. The summed E-state index contributed by atoms with van der Waals surface area (Å²) in [5, 5.41) is 10.3. The van der Waals surface area contributed by atoms with Crippen LogP contribution in [0.25, 0.3) is 0 Å². The van der Waals surface area contributed by atoms with Gasteiger partial charge in [-0.05, 0) is 93.9 Å². The molecule has 1 aliphatic carbocycles. The quantitative estimate of drug-likeness (QED) is 0.284. The number of benzene rings is 1. The summed E-state index contributed by atoms with van der Waals surface area (Å²) in [5.74, 6) is 0.751. The zero-order valence-corrected chi connectivity index (χ0v) is 24.6. The molecule has 5 N–H and O–H groups in total. The lowest BCUT2D eigenvalue weighted by Crippen LogP contribution is -2.32. The van der Waals surface area contributed by atoms with Crippen LogP contribution < -0.4 is 15.8 Å². The molecule has 0 amide bonds. The predicted octanol–water partition coefficient (Wildman–Crippen LogP) is 6.83. The van der Waals surface area contributed by atoms with E-state index < -0.39 is 0 Å². The van der Waals surface area contributed by atoms with Gasteiger partial charge < -0.3 is 25.8 Å². The lowest BCUT2D eigenvalue weighted by atomic mass is 9.89. The molecular formula is C30H52N4OS. The third kappa shape index (κ3) is 12.2. The third-order valence-corrected chi connectivity index (χ3v) is 6.61. The number of hydrogen-bond acceptors (Lipinski definition) is 6. The average Bonchev–Trinajstić information content (AvgIpc) is 3.32. The first-order valence-corrected chi connectivity index (χ1v) is 14.6. The average molecular weight is 517 g/mol. The number of aliphatic hydroxyl groups is 1. The Balaban J connectivity index is 0.000000602. The third-order valence-electron chi connectivity index (χ3n) is 6.17. The van der Waals surface area contributed by atoms with E-state index in [1.165, 1.54) is 54.9 Å². The molecule has 2 aliphatic rings. The first-order chi connectivity index (χ1) is 17.7. The molecule has 1 heterocycles. The maximum Gasteiger partial charge on any atom is 0.0514 e. The summed E-state index contributed by atoms with van der Waals surface area (Å²) in [7, 11) is 1.00. The van der Waals surface area contributed by atoms with Gasteiger partial charge in [0, 0.05) is 31.5 Å². The molecule has 0 bridgehead atoms. The number of rotatable bonds is 8. The molecule has 1 atom stereocenters. The van der Waals surface area contributed by atoms with Crippen LogP contribution in [0.15, 0.2) is 72.1 Å². The molecular weight excluding hydrogens is 464 g/mol. The molecule has 1 fully saturated rings. The monoisotopic (exact) mass is 516 g/mol. The van der Waals surface area contributed by atoms with Crippen molar-refractivity contribution in [2.75, 3.05) is 37.7 Å². The van der Waals surface area contributed by atoms with Crippen molar-refractivity contribution in [1.82, 2.24) is 10.2 Å². The molecule has 36 heavy (non-hydrogen) atoms. The summed E-state index contributed by atoms with van der Waals surface area (Å²) in [6.07, 6.45) is 18.9. The van der Waals surface area contributed by atoms with E-state index in [-0.39, 0.29) is 0 Å². The van der Waals surface area contributed by atoms with Crippen molar-refractivity contribution >= 4 is 17.6 Å². The van der Waals surface area contributed by atoms with Crippen LogP contribution in [-0.4, -0.2) is 49.0 Å². The summed E-state index contributed by atoms with van der Waals surface area (Å²) in [4.78, 5) is 2.54. The minimum Gasteiger partial charge on any atom is -0.403 e. The number of nitrogens with one attached hydrogen (secondary N) is 2. The number of nitrogens with zero attached hydrogens (tertiary/aromatic N) is 1. The number of hydrogen-bond donors (Lipinski definition) is 4. The van der Waals surface area contributed by atoms with Gasteiger partial charge >= 0.3 is 0 Å². The zero-order valence-electron chi connectivity index (χ0n) is 23.8. The number of nitrogens with two attached hydrogens (primary N) is 1. The van der Waals surface area contributed by atoms with Crippen LogP contribution in [0.5, 0.6) is 0 Å². The van der Waals surface area contributed by atoms with Gasteiger partial charge in [-0.3, -0.25) is 0 Å². The van der Waals surface area contributed by atoms with Crippen LogP contribution in [0.1, 0.15) is 71.8 Å². The summed E-state index contributed by atoms with van der Waals surface area (Å²) in [5.41, 5.74) is 10.9. The molecule has 1 aromatic rings. The Bertz CT molecular complexity index is 796. The van der Waals surface area contributed by atoms with Crippen LogP contribution in [-0.2, 0) is 0 Å². The molecule has 6 heteroatoms. The Morgan fingerprint density at radius 3 is 2.31 bits per heavy atom.